The molecule has 3 heteroatoms. The lowest BCUT2D eigenvalue weighted by Crippen LogP contribution is -2.47. The zero-order valence-electron chi connectivity index (χ0n) is 13.6. The van der Waals surface area contributed by atoms with Gasteiger partial charge in [-0.2, -0.15) is 0 Å². The summed E-state index contributed by atoms with van der Waals surface area (Å²) in [5, 5.41) is 16.0. The molecule has 0 radical (unpaired) electrons. The first-order valence-electron chi connectivity index (χ1n) is 7.44. The normalized spacial score (nSPS) is 13.8. The maximum atomic E-state index is 10.5. The topological polar surface area (TPSA) is 35.5 Å². The van der Waals surface area contributed by atoms with E-state index in [-0.39, 0.29) is 11.6 Å². The van der Waals surface area contributed by atoms with Crippen molar-refractivity contribution >= 4 is 10.8 Å². The lowest BCUT2D eigenvalue weighted by molar-refractivity contribution is 0.185. The van der Waals surface area contributed by atoms with Gasteiger partial charge >= 0.3 is 0 Å². The third kappa shape index (κ3) is 3.36. The van der Waals surface area contributed by atoms with E-state index in [0.717, 1.165) is 22.9 Å². The van der Waals surface area contributed by atoms with E-state index in [1.165, 1.54) is 0 Å². The highest BCUT2D eigenvalue weighted by Gasteiger charge is 2.22. The first-order chi connectivity index (χ1) is 9.83. The molecule has 2 aromatic rings. The van der Waals surface area contributed by atoms with Crippen LogP contribution in [-0.2, 0) is 0 Å². The summed E-state index contributed by atoms with van der Waals surface area (Å²) in [6.07, 6.45) is 0. The zero-order valence-corrected chi connectivity index (χ0v) is 13.6. The largest absolute Gasteiger partial charge is 0.507 e. The van der Waals surface area contributed by atoms with Crippen molar-refractivity contribution in [2.45, 2.75) is 32.4 Å². The molecule has 0 saturated heterocycles. The standard InChI is InChI=1S/C18H26N2O/c1-13(19-12-18(2,3)20(4)5)15-11-10-14-8-6-7-9-16(14)17(15)21/h6-11,13,19,21H,12H2,1-5H3. The summed E-state index contributed by atoms with van der Waals surface area (Å²) in [6, 6.07) is 12.1. The first kappa shape index (κ1) is 15.8. The van der Waals surface area contributed by atoms with Gasteiger partial charge < -0.3 is 15.3 Å². The number of rotatable bonds is 5. The highest BCUT2D eigenvalue weighted by molar-refractivity contribution is 5.89. The molecule has 0 spiro atoms. The summed E-state index contributed by atoms with van der Waals surface area (Å²) >= 11 is 0. The first-order valence-corrected chi connectivity index (χ1v) is 7.44. The van der Waals surface area contributed by atoms with Gasteiger partial charge in [0, 0.05) is 29.1 Å². The number of aromatic hydroxyl groups is 1. The van der Waals surface area contributed by atoms with E-state index in [1.54, 1.807) is 0 Å². The molecule has 0 aliphatic heterocycles. The fourth-order valence-corrected chi connectivity index (χ4v) is 2.29. The molecule has 0 bridgehead atoms. The fourth-order valence-electron chi connectivity index (χ4n) is 2.29. The Morgan fingerprint density at radius 1 is 1.14 bits per heavy atom. The fraction of sp³-hybridized carbons (Fsp3) is 0.444. The third-order valence-corrected chi connectivity index (χ3v) is 4.45. The number of phenolic OH excluding ortho intramolecular Hbond substituents is 1. The molecule has 0 amide bonds. The summed E-state index contributed by atoms with van der Waals surface area (Å²) in [6.45, 7) is 7.35. The molecule has 2 N–H and O–H groups in total. The van der Waals surface area contributed by atoms with E-state index in [4.69, 9.17) is 0 Å². The molecule has 0 fully saturated rings. The van der Waals surface area contributed by atoms with Crippen molar-refractivity contribution < 1.29 is 5.11 Å². The summed E-state index contributed by atoms with van der Waals surface area (Å²) < 4.78 is 0. The van der Waals surface area contributed by atoms with Crippen LogP contribution in [0.5, 0.6) is 5.75 Å². The van der Waals surface area contributed by atoms with Crippen molar-refractivity contribution in [1.82, 2.24) is 10.2 Å². The number of benzene rings is 2. The minimum Gasteiger partial charge on any atom is -0.507 e. The number of fused-ring (bicyclic) bond motifs is 1. The molecule has 0 aliphatic rings. The van der Waals surface area contributed by atoms with Crippen LogP contribution in [0.15, 0.2) is 36.4 Å². The highest BCUT2D eigenvalue weighted by atomic mass is 16.3. The molecule has 0 saturated carbocycles. The Hall–Kier alpha value is -1.58. The predicted octanol–water partition coefficient (Wildman–Crippen LogP) is 3.54. The van der Waals surface area contributed by atoms with Crippen molar-refractivity contribution in [1.29, 1.82) is 0 Å². The van der Waals surface area contributed by atoms with Crippen LogP contribution in [0.2, 0.25) is 0 Å². The average molecular weight is 286 g/mol. The molecule has 0 heterocycles. The molecule has 2 aromatic carbocycles. The van der Waals surface area contributed by atoms with Crippen LogP contribution in [-0.4, -0.2) is 36.2 Å². The van der Waals surface area contributed by atoms with Crippen molar-refractivity contribution in [2.24, 2.45) is 0 Å². The minimum absolute atomic E-state index is 0.0702. The average Bonchev–Trinajstić information content (AvgIpc) is 2.45. The van der Waals surface area contributed by atoms with E-state index < -0.39 is 0 Å². The smallest absolute Gasteiger partial charge is 0.128 e. The third-order valence-electron chi connectivity index (χ3n) is 4.45. The molecule has 0 aliphatic carbocycles. The van der Waals surface area contributed by atoms with Crippen molar-refractivity contribution in [3.8, 4) is 5.75 Å². The Kier molecular flexibility index (Phi) is 4.55. The van der Waals surface area contributed by atoms with Crippen LogP contribution in [0.1, 0.15) is 32.4 Å². The number of nitrogens with zero attached hydrogens (tertiary/aromatic N) is 1. The monoisotopic (exact) mass is 286 g/mol. The van der Waals surface area contributed by atoms with Crippen molar-refractivity contribution in [3.05, 3.63) is 42.0 Å². The number of nitrogens with one attached hydrogen (secondary N) is 1. The van der Waals surface area contributed by atoms with Gasteiger partial charge in [0.05, 0.1) is 0 Å². The zero-order chi connectivity index (χ0) is 15.6. The summed E-state index contributed by atoms with van der Waals surface area (Å²) in [5.41, 5.74) is 1.02. The van der Waals surface area contributed by atoms with Crippen LogP contribution in [0, 0.1) is 0 Å². The van der Waals surface area contributed by atoms with E-state index in [9.17, 15) is 5.11 Å². The van der Waals surface area contributed by atoms with Gasteiger partial charge in [0.1, 0.15) is 5.75 Å². The Balaban J connectivity index is 2.20. The summed E-state index contributed by atoms with van der Waals surface area (Å²) in [4.78, 5) is 2.20. The maximum absolute atomic E-state index is 10.5. The van der Waals surface area contributed by atoms with Gasteiger partial charge in [-0.1, -0.05) is 36.4 Å². The minimum atomic E-state index is 0.0702. The second kappa shape index (κ2) is 6.04. The second-order valence-electron chi connectivity index (χ2n) is 6.53. The van der Waals surface area contributed by atoms with Crippen LogP contribution >= 0.6 is 0 Å². The van der Waals surface area contributed by atoms with E-state index in [1.807, 2.05) is 30.3 Å². The van der Waals surface area contributed by atoms with E-state index in [0.29, 0.717) is 5.75 Å². The summed E-state index contributed by atoms with van der Waals surface area (Å²) in [5.74, 6) is 0.385. The molecule has 0 aromatic heterocycles. The van der Waals surface area contributed by atoms with Gasteiger partial charge in [-0.3, -0.25) is 0 Å². The summed E-state index contributed by atoms with van der Waals surface area (Å²) in [7, 11) is 4.17. The molecule has 3 nitrogen and oxygen atoms in total. The second-order valence-corrected chi connectivity index (χ2v) is 6.53. The van der Waals surface area contributed by atoms with Crippen molar-refractivity contribution in [2.75, 3.05) is 20.6 Å². The van der Waals surface area contributed by atoms with E-state index >= 15 is 0 Å². The molecule has 2 rings (SSSR count). The quantitative estimate of drug-likeness (QED) is 0.882. The van der Waals surface area contributed by atoms with Gasteiger partial charge in [-0.15, -0.1) is 0 Å². The van der Waals surface area contributed by atoms with Gasteiger partial charge in [-0.25, -0.2) is 0 Å². The number of phenols is 1. The number of likely N-dealkylation sites (N-methyl/N-ethyl adjacent to an activating group) is 1. The maximum Gasteiger partial charge on any atom is 0.128 e. The van der Waals surface area contributed by atoms with Crippen LogP contribution in [0.3, 0.4) is 0 Å². The molecular weight excluding hydrogens is 260 g/mol. The van der Waals surface area contributed by atoms with Crippen LogP contribution in [0.4, 0.5) is 0 Å². The van der Waals surface area contributed by atoms with Gasteiger partial charge in [-0.05, 0) is 40.3 Å². The molecule has 114 valence electrons. The van der Waals surface area contributed by atoms with Gasteiger partial charge in [0.15, 0.2) is 0 Å². The molecule has 21 heavy (non-hydrogen) atoms. The Bertz CT molecular complexity index is 620. The van der Waals surface area contributed by atoms with Crippen molar-refractivity contribution in [3.63, 3.8) is 0 Å². The predicted molar refractivity (Wildman–Crippen MR) is 89.8 cm³/mol. The lowest BCUT2D eigenvalue weighted by Gasteiger charge is -2.34. The van der Waals surface area contributed by atoms with Crippen LogP contribution in [0.25, 0.3) is 10.8 Å². The van der Waals surface area contributed by atoms with Gasteiger partial charge in [0.2, 0.25) is 0 Å². The molecular formula is C18H26N2O. The van der Waals surface area contributed by atoms with Gasteiger partial charge in [0.25, 0.3) is 0 Å². The SMILES string of the molecule is CC(NCC(C)(C)N(C)C)c1ccc2ccccc2c1O. The number of hydrogen-bond acceptors (Lipinski definition) is 3. The highest BCUT2D eigenvalue weighted by Crippen LogP contribution is 2.32. The molecule has 1 atom stereocenters. The number of hydrogen-bond donors (Lipinski definition) is 2. The lowest BCUT2D eigenvalue weighted by atomic mass is 9.99. The Morgan fingerprint density at radius 3 is 2.48 bits per heavy atom. The van der Waals surface area contributed by atoms with E-state index in [2.05, 4.69) is 51.1 Å². The van der Waals surface area contributed by atoms with Crippen LogP contribution < -0.4 is 5.32 Å². The Labute approximate surface area is 127 Å². The Morgan fingerprint density at radius 2 is 1.81 bits per heavy atom. The molecule has 1 unspecified atom stereocenters.